The zero-order valence-corrected chi connectivity index (χ0v) is 11.2. The van der Waals surface area contributed by atoms with Crippen molar-refractivity contribution in [3.8, 4) is 11.5 Å². The molecule has 0 bridgehead atoms. The summed E-state index contributed by atoms with van der Waals surface area (Å²) in [7, 11) is 3.22. The number of hydrogen-bond donors (Lipinski definition) is 1. The van der Waals surface area contributed by atoms with Crippen LogP contribution < -0.4 is 15.2 Å². The Morgan fingerprint density at radius 2 is 1.67 bits per heavy atom. The van der Waals surface area contributed by atoms with Crippen molar-refractivity contribution >= 4 is 16.6 Å². The number of pyridine rings is 1. The monoisotopic (exact) mass is 246 g/mol. The lowest BCUT2D eigenvalue weighted by Crippen LogP contribution is -1.99. The molecule has 0 fully saturated rings. The maximum atomic E-state index is 6.07. The van der Waals surface area contributed by atoms with Crippen LogP contribution in [0.4, 0.5) is 5.69 Å². The van der Waals surface area contributed by atoms with Crippen molar-refractivity contribution in [2.24, 2.45) is 0 Å². The third kappa shape index (κ3) is 2.06. The lowest BCUT2D eigenvalue weighted by Gasteiger charge is -2.12. The summed E-state index contributed by atoms with van der Waals surface area (Å²) in [6, 6.07) is 5.63. The van der Waals surface area contributed by atoms with E-state index in [1.54, 1.807) is 14.2 Å². The lowest BCUT2D eigenvalue weighted by atomic mass is 10.1. The lowest BCUT2D eigenvalue weighted by molar-refractivity contribution is 0.356. The zero-order valence-electron chi connectivity index (χ0n) is 11.2. The van der Waals surface area contributed by atoms with E-state index in [0.717, 1.165) is 16.6 Å². The van der Waals surface area contributed by atoms with E-state index in [0.29, 0.717) is 23.1 Å². The van der Waals surface area contributed by atoms with E-state index in [2.05, 4.69) is 18.8 Å². The molecule has 2 N–H and O–H groups in total. The second-order valence-electron chi connectivity index (χ2n) is 4.52. The third-order valence-corrected chi connectivity index (χ3v) is 2.96. The van der Waals surface area contributed by atoms with Crippen LogP contribution in [0, 0.1) is 0 Å². The molecular formula is C14H18N2O2. The van der Waals surface area contributed by atoms with Gasteiger partial charge in [-0.05, 0) is 18.1 Å². The molecule has 18 heavy (non-hydrogen) atoms. The Labute approximate surface area is 107 Å². The molecule has 4 nitrogen and oxygen atoms in total. The average Bonchev–Trinajstić information content (AvgIpc) is 2.36. The first-order chi connectivity index (χ1) is 8.56. The van der Waals surface area contributed by atoms with Gasteiger partial charge in [-0.15, -0.1) is 0 Å². The van der Waals surface area contributed by atoms with Crippen molar-refractivity contribution < 1.29 is 9.47 Å². The number of nitrogens with two attached hydrogens (primary N) is 1. The summed E-state index contributed by atoms with van der Waals surface area (Å²) in [4.78, 5) is 4.60. The molecule has 1 heterocycles. The van der Waals surface area contributed by atoms with Crippen LogP contribution in [-0.2, 0) is 0 Å². The van der Waals surface area contributed by atoms with E-state index in [1.165, 1.54) is 0 Å². The van der Waals surface area contributed by atoms with Crippen LogP contribution in [0.5, 0.6) is 11.5 Å². The highest BCUT2D eigenvalue weighted by atomic mass is 16.5. The minimum absolute atomic E-state index is 0.338. The van der Waals surface area contributed by atoms with Crippen molar-refractivity contribution in [3.05, 3.63) is 23.9 Å². The molecule has 0 amide bonds. The molecule has 96 valence electrons. The molecule has 0 spiro atoms. The quantitative estimate of drug-likeness (QED) is 0.904. The number of anilines is 1. The third-order valence-electron chi connectivity index (χ3n) is 2.96. The number of benzene rings is 1. The largest absolute Gasteiger partial charge is 0.493 e. The Bertz CT molecular complexity index is 580. The molecular weight excluding hydrogens is 228 g/mol. The molecule has 0 unspecified atom stereocenters. The van der Waals surface area contributed by atoms with Gasteiger partial charge in [0.05, 0.1) is 19.7 Å². The number of nitrogens with zero attached hydrogens (tertiary/aromatic N) is 1. The topological polar surface area (TPSA) is 57.4 Å². The van der Waals surface area contributed by atoms with Crippen molar-refractivity contribution in [3.63, 3.8) is 0 Å². The summed E-state index contributed by atoms with van der Waals surface area (Å²) in [5.41, 5.74) is 8.60. The highest BCUT2D eigenvalue weighted by Gasteiger charge is 2.11. The minimum Gasteiger partial charge on any atom is -0.493 e. The molecule has 0 aliphatic carbocycles. The predicted molar refractivity (Wildman–Crippen MR) is 73.3 cm³/mol. The standard InChI is InChI=1S/C14H18N2O2/c1-8(2)11-6-10(15)9-5-13(17-3)14(18-4)7-12(9)16-11/h5-8H,1-4H3,(H2,15,16). The molecule has 0 atom stereocenters. The summed E-state index contributed by atoms with van der Waals surface area (Å²) < 4.78 is 10.5. The van der Waals surface area contributed by atoms with E-state index in [9.17, 15) is 0 Å². The molecule has 2 rings (SSSR count). The van der Waals surface area contributed by atoms with Crippen LogP contribution in [0.3, 0.4) is 0 Å². The predicted octanol–water partition coefficient (Wildman–Crippen LogP) is 2.96. The van der Waals surface area contributed by atoms with Crippen molar-refractivity contribution in [1.29, 1.82) is 0 Å². The molecule has 0 aliphatic rings. The highest BCUT2D eigenvalue weighted by molar-refractivity contribution is 5.92. The zero-order chi connectivity index (χ0) is 13.3. The second-order valence-corrected chi connectivity index (χ2v) is 4.52. The van der Waals surface area contributed by atoms with E-state index in [4.69, 9.17) is 15.2 Å². The van der Waals surface area contributed by atoms with Gasteiger partial charge in [0.1, 0.15) is 0 Å². The molecule has 0 aliphatic heterocycles. The normalized spacial score (nSPS) is 10.9. The van der Waals surface area contributed by atoms with Gasteiger partial charge in [-0.1, -0.05) is 13.8 Å². The van der Waals surface area contributed by atoms with Crippen LogP contribution >= 0.6 is 0 Å². The number of methoxy groups -OCH3 is 2. The first kappa shape index (κ1) is 12.5. The molecule has 0 radical (unpaired) electrons. The van der Waals surface area contributed by atoms with Gasteiger partial charge < -0.3 is 15.2 Å². The van der Waals surface area contributed by atoms with Crippen LogP contribution in [0.25, 0.3) is 10.9 Å². The van der Waals surface area contributed by atoms with Gasteiger partial charge in [0.15, 0.2) is 11.5 Å². The van der Waals surface area contributed by atoms with Crippen LogP contribution in [0.1, 0.15) is 25.5 Å². The molecule has 2 aromatic rings. The van der Waals surface area contributed by atoms with Gasteiger partial charge in [0, 0.05) is 22.8 Å². The minimum atomic E-state index is 0.338. The van der Waals surface area contributed by atoms with Crippen molar-refractivity contribution in [2.75, 3.05) is 20.0 Å². The molecule has 0 saturated heterocycles. The molecule has 1 aromatic carbocycles. The summed E-state index contributed by atoms with van der Waals surface area (Å²) in [5, 5.41) is 0.886. The van der Waals surface area contributed by atoms with Crippen LogP contribution in [-0.4, -0.2) is 19.2 Å². The number of aromatic nitrogens is 1. The van der Waals surface area contributed by atoms with E-state index in [-0.39, 0.29) is 0 Å². The molecule has 0 saturated carbocycles. The summed E-state index contributed by atoms with van der Waals surface area (Å²) in [5.74, 6) is 1.67. The number of hydrogen-bond acceptors (Lipinski definition) is 4. The van der Waals surface area contributed by atoms with Gasteiger partial charge in [-0.25, -0.2) is 0 Å². The SMILES string of the molecule is COc1cc2nc(C(C)C)cc(N)c2cc1OC. The molecule has 1 aromatic heterocycles. The van der Waals surface area contributed by atoms with Gasteiger partial charge in [0.2, 0.25) is 0 Å². The van der Waals surface area contributed by atoms with Crippen LogP contribution in [0.15, 0.2) is 18.2 Å². The summed E-state index contributed by atoms with van der Waals surface area (Å²) >= 11 is 0. The number of nitrogen functional groups attached to an aromatic ring is 1. The van der Waals surface area contributed by atoms with Gasteiger partial charge in [0.25, 0.3) is 0 Å². The first-order valence-corrected chi connectivity index (χ1v) is 5.89. The van der Waals surface area contributed by atoms with Crippen molar-refractivity contribution in [1.82, 2.24) is 4.98 Å². The Balaban J connectivity index is 2.72. The molecule has 4 heteroatoms. The fraction of sp³-hybridized carbons (Fsp3) is 0.357. The Hall–Kier alpha value is -1.97. The Morgan fingerprint density at radius 1 is 1.06 bits per heavy atom. The maximum absolute atomic E-state index is 6.07. The van der Waals surface area contributed by atoms with Crippen molar-refractivity contribution in [2.45, 2.75) is 19.8 Å². The Morgan fingerprint density at radius 3 is 2.22 bits per heavy atom. The average molecular weight is 246 g/mol. The van der Waals surface area contributed by atoms with E-state index in [1.807, 2.05) is 18.2 Å². The second kappa shape index (κ2) is 4.72. The highest BCUT2D eigenvalue weighted by Crippen LogP contribution is 2.34. The van der Waals surface area contributed by atoms with Gasteiger partial charge in [-0.3, -0.25) is 4.98 Å². The number of fused-ring (bicyclic) bond motifs is 1. The first-order valence-electron chi connectivity index (χ1n) is 5.89. The summed E-state index contributed by atoms with van der Waals surface area (Å²) in [6.45, 7) is 4.18. The van der Waals surface area contributed by atoms with E-state index < -0.39 is 0 Å². The van der Waals surface area contributed by atoms with Gasteiger partial charge >= 0.3 is 0 Å². The number of ether oxygens (including phenoxy) is 2. The number of rotatable bonds is 3. The van der Waals surface area contributed by atoms with E-state index >= 15 is 0 Å². The fourth-order valence-corrected chi connectivity index (χ4v) is 1.90. The summed E-state index contributed by atoms with van der Waals surface area (Å²) in [6.07, 6.45) is 0. The smallest absolute Gasteiger partial charge is 0.162 e. The van der Waals surface area contributed by atoms with Gasteiger partial charge in [-0.2, -0.15) is 0 Å². The van der Waals surface area contributed by atoms with Crippen LogP contribution in [0.2, 0.25) is 0 Å². The fourth-order valence-electron chi connectivity index (χ4n) is 1.90. The Kier molecular flexibility index (Phi) is 3.28. The maximum Gasteiger partial charge on any atom is 0.162 e.